The molecule has 0 aliphatic heterocycles. The van der Waals surface area contributed by atoms with E-state index in [4.69, 9.17) is 5.73 Å². The highest BCUT2D eigenvalue weighted by Crippen LogP contribution is 2.21. The molecule has 0 amide bonds. The lowest BCUT2D eigenvalue weighted by atomic mass is 10.2. The van der Waals surface area contributed by atoms with E-state index in [-0.39, 0.29) is 0 Å². The number of allylic oxidation sites excluding steroid dienone is 4. The molecule has 1 aromatic rings. The van der Waals surface area contributed by atoms with Gasteiger partial charge in [0.2, 0.25) is 0 Å². The third-order valence-corrected chi connectivity index (χ3v) is 2.56. The summed E-state index contributed by atoms with van der Waals surface area (Å²) in [6, 6.07) is 7.86. The van der Waals surface area contributed by atoms with E-state index in [1.807, 2.05) is 56.5 Å². The Morgan fingerprint density at radius 3 is 2.82 bits per heavy atom. The van der Waals surface area contributed by atoms with Gasteiger partial charge in [-0.15, -0.1) is 0 Å². The molecule has 0 aliphatic carbocycles. The highest BCUT2D eigenvalue weighted by Gasteiger charge is 2.05. The molecule has 0 aromatic heterocycles. The second-order valence-electron chi connectivity index (χ2n) is 3.82. The zero-order valence-electron chi connectivity index (χ0n) is 10.6. The Kier molecular flexibility index (Phi) is 5.08. The number of nitrogens with two attached hydrogens (primary N) is 1. The van der Waals surface area contributed by atoms with E-state index in [0.29, 0.717) is 0 Å². The van der Waals surface area contributed by atoms with E-state index in [0.717, 1.165) is 17.8 Å². The fourth-order valence-corrected chi connectivity index (χ4v) is 1.59. The van der Waals surface area contributed by atoms with Gasteiger partial charge in [-0.25, -0.2) is 0 Å². The molecule has 0 spiro atoms. The predicted molar refractivity (Wildman–Crippen MR) is 77.0 cm³/mol. The largest absolute Gasteiger partial charge is 0.399 e. The van der Waals surface area contributed by atoms with Crippen LogP contribution in [0.3, 0.4) is 0 Å². The fourth-order valence-electron chi connectivity index (χ4n) is 1.59. The minimum Gasteiger partial charge on any atom is -0.399 e. The molecule has 0 heterocycles. The molecule has 0 fully saturated rings. The summed E-state index contributed by atoms with van der Waals surface area (Å²) < 4.78 is 0. The van der Waals surface area contributed by atoms with Crippen LogP contribution in [0.15, 0.2) is 60.8 Å². The average Bonchev–Trinajstić information content (AvgIpc) is 2.33. The molecular formula is C15H20N2. The van der Waals surface area contributed by atoms with Crippen molar-refractivity contribution in [3.8, 4) is 0 Å². The minimum absolute atomic E-state index is 0.776. The maximum atomic E-state index is 5.79. The van der Waals surface area contributed by atoms with Crippen LogP contribution in [0, 0.1) is 0 Å². The third-order valence-electron chi connectivity index (χ3n) is 2.56. The van der Waals surface area contributed by atoms with Gasteiger partial charge in [-0.2, -0.15) is 0 Å². The lowest BCUT2D eigenvalue weighted by molar-refractivity contribution is 1.03. The van der Waals surface area contributed by atoms with Crippen LogP contribution < -0.4 is 10.6 Å². The molecule has 0 saturated heterocycles. The number of rotatable bonds is 5. The van der Waals surface area contributed by atoms with Crippen molar-refractivity contribution in [3.63, 3.8) is 0 Å². The van der Waals surface area contributed by atoms with E-state index in [2.05, 4.69) is 17.6 Å². The number of hydrogen-bond donors (Lipinski definition) is 1. The molecular weight excluding hydrogens is 208 g/mol. The molecule has 0 radical (unpaired) electrons. The SMILES string of the molecule is C=C/C=C(\C/C=C\C)N(C)c1cccc(N)c1. The second kappa shape index (κ2) is 6.59. The van der Waals surface area contributed by atoms with Crippen molar-refractivity contribution in [2.24, 2.45) is 0 Å². The molecule has 1 rings (SSSR count). The van der Waals surface area contributed by atoms with E-state index in [1.54, 1.807) is 0 Å². The normalized spacial score (nSPS) is 11.8. The topological polar surface area (TPSA) is 29.3 Å². The van der Waals surface area contributed by atoms with Gasteiger partial charge in [0.25, 0.3) is 0 Å². The van der Waals surface area contributed by atoms with Crippen LogP contribution in [0.2, 0.25) is 0 Å². The monoisotopic (exact) mass is 228 g/mol. The average molecular weight is 228 g/mol. The Bertz CT molecular complexity index is 430. The van der Waals surface area contributed by atoms with Gasteiger partial charge in [0.05, 0.1) is 0 Å². The van der Waals surface area contributed by atoms with Crippen LogP contribution in [0.5, 0.6) is 0 Å². The van der Waals surface area contributed by atoms with Crippen molar-refractivity contribution >= 4 is 11.4 Å². The second-order valence-corrected chi connectivity index (χ2v) is 3.82. The van der Waals surface area contributed by atoms with Crippen LogP contribution in [0.4, 0.5) is 11.4 Å². The quantitative estimate of drug-likeness (QED) is 0.472. The summed E-state index contributed by atoms with van der Waals surface area (Å²) in [4.78, 5) is 2.12. The van der Waals surface area contributed by atoms with Crippen molar-refractivity contribution in [2.45, 2.75) is 13.3 Å². The van der Waals surface area contributed by atoms with Crippen LogP contribution in [-0.2, 0) is 0 Å². The molecule has 2 nitrogen and oxygen atoms in total. The Morgan fingerprint density at radius 1 is 1.47 bits per heavy atom. The Hall–Kier alpha value is -1.96. The van der Waals surface area contributed by atoms with Crippen molar-refractivity contribution < 1.29 is 0 Å². The van der Waals surface area contributed by atoms with E-state index in [9.17, 15) is 0 Å². The fraction of sp³-hybridized carbons (Fsp3) is 0.200. The van der Waals surface area contributed by atoms with Gasteiger partial charge in [-0.1, -0.05) is 30.9 Å². The number of anilines is 2. The molecule has 90 valence electrons. The smallest absolute Gasteiger partial charge is 0.0426 e. The Balaban J connectivity index is 2.95. The molecule has 2 heteroatoms. The van der Waals surface area contributed by atoms with Gasteiger partial charge in [0.15, 0.2) is 0 Å². The molecule has 2 N–H and O–H groups in total. The molecule has 0 atom stereocenters. The molecule has 17 heavy (non-hydrogen) atoms. The number of benzene rings is 1. The Morgan fingerprint density at radius 2 is 2.24 bits per heavy atom. The molecule has 0 aliphatic rings. The lowest BCUT2D eigenvalue weighted by Crippen LogP contribution is -2.16. The summed E-state index contributed by atoms with van der Waals surface area (Å²) in [7, 11) is 2.04. The first-order chi connectivity index (χ1) is 8.19. The number of nitrogens with zero attached hydrogens (tertiary/aromatic N) is 1. The maximum Gasteiger partial charge on any atom is 0.0426 e. The number of nitrogen functional groups attached to an aromatic ring is 1. The first kappa shape index (κ1) is 13.1. The number of hydrogen-bond acceptors (Lipinski definition) is 2. The zero-order chi connectivity index (χ0) is 12.7. The van der Waals surface area contributed by atoms with Crippen LogP contribution >= 0.6 is 0 Å². The van der Waals surface area contributed by atoms with Gasteiger partial charge in [-0.3, -0.25) is 0 Å². The van der Waals surface area contributed by atoms with Gasteiger partial charge >= 0.3 is 0 Å². The van der Waals surface area contributed by atoms with Crippen molar-refractivity contribution in [3.05, 3.63) is 60.8 Å². The van der Waals surface area contributed by atoms with E-state index >= 15 is 0 Å². The van der Waals surface area contributed by atoms with E-state index in [1.165, 1.54) is 5.70 Å². The zero-order valence-corrected chi connectivity index (χ0v) is 10.6. The molecule has 1 aromatic carbocycles. The van der Waals surface area contributed by atoms with Crippen LogP contribution in [-0.4, -0.2) is 7.05 Å². The van der Waals surface area contributed by atoms with Crippen molar-refractivity contribution in [1.82, 2.24) is 0 Å². The Labute approximate surface area is 104 Å². The molecule has 0 saturated carbocycles. The molecule has 0 unspecified atom stereocenters. The van der Waals surface area contributed by atoms with Gasteiger partial charge < -0.3 is 10.6 Å². The highest BCUT2D eigenvalue weighted by atomic mass is 15.1. The first-order valence-corrected chi connectivity index (χ1v) is 5.71. The van der Waals surface area contributed by atoms with Gasteiger partial charge in [0, 0.05) is 30.5 Å². The summed E-state index contributed by atoms with van der Waals surface area (Å²) in [5.41, 5.74) is 8.84. The van der Waals surface area contributed by atoms with E-state index < -0.39 is 0 Å². The highest BCUT2D eigenvalue weighted by molar-refractivity contribution is 5.59. The van der Waals surface area contributed by atoms with Gasteiger partial charge in [0.1, 0.15) is 0 Å². The van der Waals surface area contributed by atoms with Crippen LogP contribution in [0.1, 0.15) is 13.3 Å². The maximum absolute atomic E-state index is 5.79. The summed E-state index contributed by atoms with van der Waals surface area (Å²) in [5, 5.41) is 0. The summed E-state index contributed by atoms with van der Waals surface area (Å²) in [6.07, 6.45) is 8.88. The summed E-state index contributed by atoms with van der Waals surface area (Å²) in [6.45, 7) is 5.77. The minimum atomic E-state index is 0.776. The summed E-state index contributed by atoms with van der Waals surface area (Å²) in [5.74, 6) is 0. The standard InChI is InChI=1S/C15H20N2/c1-4-6-10-14(8-5-2)17(3)15-11-7-9-13(16)12-15/h4-9,11-12H,2,10,16H2,1,3H3/b6-4-,14-8+. The molecule has 0 bridgehead atoms. The summed E-state index contributed by atoms with van der Waals surface area (Å²) >= 11 is 0. The van der Waals surface area contributed by atoms with Crippen LogP contribution in [0.25, 0.3) is 0 Å². The first-order valence-electron chi connectivity index (χ1n) is 5.71. The van der Waals surface area contributed by atoms with Gasteiger partial charge in [-0.05, 0) is 31.2 Å². The predicted octanol–water partition coefficient (Wildman–Crippen LogP) is 3.74. The third kappa shape index (κ3) is 3.83. The van der Waals surface area contributed by atoms with Crippen molar-refractivity contribution in [1.29, 1.82) is 0 Å². The lowest BCUT2D eigenvalue weighted by Gasteiger charge is -2.22. The van der Waals surface area contributed by atoms with Crippen molar-refractivity contribution in [2.75, 3.05) is 17.7 Å².